The number of nitrogens with zero attached hydrogens (tertiary/aromatic N) is 3. The van der Waals surface area contributed by atoms with Crippen molar-refractivity contribution in [1.29, 1.82) is 0 Å². The summed E-state index contributed by atoms with van der Waals surface area (Å²) in [6, 6.07) is -0.400. The van der Waals surface area contributed by atoms with Crippen LogP contribution in [0.5, 0.6) is 0 Å². The molecule has 132 valence electrons. The summed E-state index contributed by atoms with van der Waals surface area (Å²) in [6.07, 6.45) is -1.58. The van der Waals surface area contributed by atoms with E-state index in [4.69, 9.17) is 0 Å². The molecule has 23 heavy (non-hydrogen) atoms. The Labute approximate surface area is 140 Å². The largest absolute Gasteiger partial charge is 0.338 e. The van der Waals surface area contributed by atoms with E-state index in [0.29, 0.717) is 37.8 Å². The first kappa shape index (κ1) is 18.4. The van der Waals surface area contributed by atoms with Crippen LogP contribution in [0.1, 0.15) is 20.3 Å². The highest BCUT2D eigenvalue weighted by molar-refractivity contribution is 7.99. The van der Waals surface area contributed by atoms with Crippen molar-refractivity contribution in [2.45, 2.75) is 32.7 Å². The molecule has 2 rings (SSSR count). The van der Waals surface area contributed by atoms with Gasteiger partial charge in [-0.2, -0.15) is 0 Å². The third-order valence-electron chi connectivity index (χ3n) is 4.56. The van der Waals surface area contributed by atoms with Gasteiger partial charge in [0.05, 0.1) is 12.4 Å². The van der Waals surface area contributed by atoms with Crippen molar-refractivity contribution in [1.82, 2.24) is 14.7 Å². The van der Waals surface area contributed by atoms with Crippen LogP contribution in [0.4, 0.5) is 8.78 Å². The lowest BCUT2D eigenvalue weighted by molar-refractivity contribution is -0.146. The Morgan fingerprint density at radius 3 is 2.43 bits per heavy atom. The molecule has 0 radical (unpaired) electrons. The molecule has 0 aromatic heterocycles. The van der Waals surface area contributed by atoms with E-state index >= 15 is 0 Å². The van der Waals surface area contributed by atoms with E-state index < -0.39 is 12.5 Å². The van der Waals surface area contributed by atoms with Crippen molar-refractivity contribution < 1.29 is 18.4 Å². The van der Waals surface area contributed by atoms with Crippen molar-refractivity contribution in [2.75, 3.05) is 44.4 Å². The Kier molecular flexibility index (Phi) is 6.64. The molecule has 2 saturated heterocycles. The quantitative estimate of drug-likeness (QED) is 0.751. The molecular weight excluding hydrogens is 324 g/mol. The van der Waals surface area contributed by atoms with Crippen LogP contribution in [0.25, 0.3) is 0 Å². The second-order valence-electron chi connectivity index (χ2n) is 6.15. The van der Waals surface area contributed by atoms with Gasteiger partial charge in [0.15, 0.2) is 0 Å². The third kappa shape index (κ3) is 4.56. The average molecular weight is 349 g/mol. The van der Waals surface area contributed by atoms with E-state index in [1.807, 2.05) is 13.8 Å². The standard InChI is InChI=1S/C15H25F2N3O2S/c1-3-11(2)14(21)20-10-23-9-12(20)15(22)19-6-4-18(5-7-19)8-13(16)17/h11-13H,3-10H2,1-2H3/t11-,12-/m1/s1. The molecular formula is C15H25F2N3O2S. The summed E-state index contributed by atoms with van der Waals surface area (Å²) in [7, 11) is 0. The monoisotopic (exact) mass is 349 g/mol. The first-order valence-corrected chi connectivity index (χ1v) is 9.27. The molecule has 0 N–H and O–H groups in total. The van der Waals surface area contributed by atoms with Gasteiger partial charge < -0.3 is 9.80 Å². The minimum Gasteiger partial charge on any atom is -0.338 e. The number of thioether (sulfide) groups is 1. The first-order valence-electron chi connectivity index (χ1n) is 8.11. The lowest BCUT2D eigenvalue weighted by Crippen LogP contribution is -2.56. The Bertz CT molecular complexity index is 431. The molecule has 0 spiro atoms. The minimum absolute atomic E-state index is 0.0344. The van der Waals surface area contributed by atoms with Gasteiger partial charge in [-0.05, 0) is 6.42 Å². The molecule has 0 aliphatic carbocycles. The van der Waals surface area contributed by atoms with Gasteiger partial charge in [-0.15, -0.1) is 11.8 Å². The van der Waals surface area contributed by atoms with Crippen LogP contribution in [-0.4, -0.2) is 83.3 Å². The zero-order chi connectivity index (χ0) is 17.0. The number of hydrogen-bond acceptors (Lipinski definition) is 4. The Hall–Kier alpha value is -0.890. The van der Waals surface area contributed by atoms with Crippen molar-refractivity contribution in [3.63, 3.8) is 0 Å². The number of hydrogen-bond donors (Lipinski definition) is 0. The van der Waals surface area contributed by atoms with Crippen LogP contribution in [0, 0.1) is 5.92 Å². The van der Waals surface area contributed by atoms with Crippen molar-refractivity contribution >= 4 is 23.6 Å². The van der Waals surface area contributed by atoms with Crippen LogP contribution >= 0.6 is 11.8 Å². The maximum absolute atomic E-state index is 12.7. The topological polar surface area (TPSA) is 43.9 Å². The summed E-state index contributed by atoms with van der Waals surface area (Å²) >= 11 is 1.60. The average Bonchev–Trinajstić information content (AvgIpc) is 3.02. The fourth-order valence-corrected chi connectivity index (χ4v) is 4.03. The second kappa shape index (κ2) is 8.28. The molecule has 5 nitrogen and oxygen atoms in total. The smallest absolute Gasteiger partial charge is 0.251 e. The molecule has 0 aromatic carbocycles. The molecule has 0 unspecified atom stereocenters. The molecule has 2 fully saturated rings. The third-order valence-corrected chi connectivity index (χ3v) is 5.58. The second-order valence-corrected chi connectivity index (χ2v) is 7.15. The Balaban J connectivity index is 1.91. The predicted molar refractivity (Wildman–Crippen MR) is 86.4 cm³/mol. The van der Waals surface area contributed by atoms with Gasteiger partial charge in [0, 0.05) is 37.8 Å². The van der Waals surface area contributed by atoms with Crippen LogP contribution in [0.3, 0.4) is 0 Å². The minimum atomic E-state index is -2.34. The van der Waals surface area contributed by atoms with Crippen LogP contribution < -0.4 is 0 Å². The van der Waals surface area contributed by atoms with Crippen LogP contribution in [0.15, 0.2) is 0 Å². The molecule has 2 amide bonds. The highest BCUT2D eigenvalue weighted by atomic mass is 32.2. The SMILES string of the molecule is CC[C@@H](C)C(=O)N1CSC[C@@H]1C(=O)N1CCN(CC(F)F)CC1. The number of amides is 2. The predicted octanol–water partition coefficient (Wildman–Crippen LogP) is 1.34. The highest BCUT2D eigenvalue weighted by Crippen LogP contribution is 2.25. The molecule has 0 bridgehead atoms. The van der Waals surface area contributed by atoms with Gasteiger partial charge in [0.1, 0.15) is 6.04 Å². The number of halogens is 2. The van der Waals surface area contributed by atoms with Gasteiger partial charge in [-0.3, -0.25) is 14.5 Å². The van der Waals surface area contributed by atoms with E-state index in [9.17, 15) is 18.4 Å². The lowest BCUT2D eigenvalue weighted by Gasteiger charge is -2.37. The fraction of sp³-hybridized carbons (Fsp3) is 0.867. The summed E-state index contributed by atoms with van der Waals surface area (Å²) in [4.78, 5) is 30.2. The van der Waals surface area contributed by atoms with E-state index in [0.717, 1.165) is 6.42 Å². The van der Waals surface area contributed by atoms with Crippen molar-refractivity contribution in [3.05, 3.63) is 0 Å². The molecule has 2 aliphatic rings. The number of rotatable bonds is 5. The summed E-state index contributed by atoms with van der Waals surface area (Å²) in [5.74, 6) is 1.10. The summed E-state index contributed by atoms with van der Waals surface area (Å²) in [6.45, 7) is 5.46. The fourth-order valence-electron chi connectivity index (χ4n) is 2.88. The number of piperazine rings is 1. The highest BCUT2D eigenvalue weighted by Gasteiger charge is 2.38. The maximum Gasteiger partial charge on any atom is 0.251 e. The molecule has 2 atom stereocenters. The molecule has 8 heteroatoms. The van der Waals surface area contributed by atoms with Crippen LogP contribution in [-0.2, 0) is 9.59 Å². The van der Waals surface area contributed by atoms with Gasteiger partial charge in [0.25, 0.3) is 6.43 Å². The normalized spacial score (nSPS) is 24.3. The summed E-state index contributed by atoms with van der Waals surface area (Å²) in [5.41, 5.74) is 0. The van der Waals surface area contributed by atoms with Gasteiger partial charge >= 0.3 is 0 Å². The van der Waals surface area contributed by atoms with E-state index in [2.05, 4.69) is 0 Å². The zero-order valence-electron chi connectivity index (χ0n) is 13.7. The molecule has 0 saturated carbocycles. The molecule has 2 heterocycles. The number of alkyl halides is 2. The van der Waals surface area contributed by atoms with E-state index in [1.54, 1.807) is 26.5 Å². The van der Waals surface area contributed by atoms with Gasteiger partial charge in [0.2, 0.25) is 11.8 Å². The number of carbonyl (C=O) groups excluding carboxylic acids is 2. The molecule has 2 aliphatic heterocycles. The van der Waals surface area contributed by atoms with Crippen molar-refractivity contribution in [3.8, 4) is 0 Å². The van der Waals surface area contributed by atoms with E-state index in [-0.39, 0.29) is 24.3 Å². The van der Waals surface area contributed by atoms with E-state index in [1.165, 1.54) is 0 Å². The van der Waals surface area contributed by atoms with Crippen molar-refractivity contribution in [2.24, 2.45) is 5.92 Å². The first-order chi connectivity index (χ1) is 10.9. The van der Waals surface area contributed by atoms with Gasteiger partial charge in [-0.25, -0.2) is 8.78 Å². The maximum atomic E-state index is 12.7. The van der Waals surface area contributed by atoms with Gasteiger partial charge in [-0.1, -0.05) is 13.8 Å². The zero-order valence-corrected chi connectivity index (χ0v) is 14.5. The Morgan fingerprint density at radius 2 is 1.87 bits per heavy atom. The molecule has 0 aromatic rings. The number of carbonyl (C=O) groups is 2. The lowest BCUT2D eigenvalue weighted by atomic mass is 10.1. The summed E-state index contributed by atoms with van der Waals surface area (Å²) < 4.78 is 24.8. The summed E-state index contributed by atoms with van der Waals surface area (Å²) in [5, 5.41) is 0. The van der Waals surface area contributed by atoms with Crippen LogP contribution in [0.2, 0.25) is 0 Å². The Morgan fingerprint density at radius 1 is 1.22 bits per heavy atom.